The summed E-state index contributed by atoms with van der Waals surface area (Å²) < 4.78 is 1.79. The van der Waals surface area contributed by atoms with Gasteiger partial charge in [-0.15, -0.1) is 10.2 Å². The number of nitrogens with zero attached hydrogens (tertiary/aromatic N) is 3. The fraction of sp³-hybridized carbons (Fsp3) is 0.130. The Morgan fingerprint density at radius 2 is 1.30 bits per heavy atom. The van der Waals surface area contributed by atoms with Gasteiger partial charge in [-0.25, -0.2) is 0 Å². The molecule has 3 aromatic carbocycles. The van der Waals surface area contributed by atoms with Crippen LogP contribution < -0.4 is 0 Å². The first-order valence-electron chi connectivity index (χ1n) is 8.94. The van der Waals surface area contributed by atoms with Crippen molar-refractivity contribution in [3.8, 4) is 22.3 Å². The summed E-state index contributed by atoms with van der Waals surface area (Å²) >= 11 is 0. The molecule has 0 aliphatic rings. The molecule has 0 aliphatic heterocycles. The summed E-state index contributed by atoms with van der Waals surface area (Å²) in [6.07, 6.45) is 3.23. The van der Waals surface area contributed by atoms with Crippen LogP contribution in [0.2, 0.25) is 0 Å². The minimum absolute atomic E-state index is 0.388. The van der Waals surface area contributed by atoms with Crippen molar-refractivity contribution in [1.82, 2.24) is 14.8 Å². The Hall–Kier alpha value is -3.24. The third-order valence-electron chi connectivity index (χ3n) is 4.77. The van der Waals surface area contributed by atoms with Gasteiger partial charge in [0, 0.05) is 0 Å². The van der Waals surface area contributed by atoms with Gasteiger partial charge in [-0.1, -0.05) is 78.9 Å². The van der Waals surface area contributed by atoms with Gasteiger partial charge in [0.25, 0.3) is 0 Å². The summed E-state index contributed by atoms with van der Waals surface area (Å²) in [5, 5.41) is 18.8. The van der Waals surface area contributed by atoms with Gasteiger partial charge < -0.3 is 9.67 Å². The first-order chi connectivity index (χ1) is 13.1. The molecule has 4 aromatic rings. The number of hydrogen-bond acceptors (Lipinski definition) is 3. The fourth-order valence-electron chi connectivity index (χ4n) is 3.42. The zero-order valence-electron chi connectivity index (χ0n) is 15.2. The number of aromatic nitrogens is 3. The molecule has 0 saturated carbocycles. The van der Waals surface area contributed by atoms with Crippen molar-refractivity contribution in [2.24, 2.45) is 0 Å². The summed E-state index contributed by atoms with van der Waals surface area (Å²) in [7, 11) is 0. The average molecular weight is 355 g/mol. The molecule has 4 heteroatoms. The highest BCUT2D eigenvalue weighted by atomic mass is 16.3. The molecule has 1 atom stereocenters. The van der Waals surface area contributed by atoms with Gasteiger partial charge in [-0.2, -0.15) is 0 Å². The highest BCUT2D eigenvalue weighted by Crippen LogP contribution is 2.34. The van der Waals surface area contributed by atoms with E-state index in [0.29, 0.717) is 6.54 Å². The van der Waals surface area contributed by atoms with Crippen molar-refractivity contribution in [2.45, 2.75) is 19.1 Å². The lowest BCUT2D eigenvalue weighted by Crippen LogP contribution is -2.28. The SMILES string of the molecule is CC(O)(Cn1cnnc1)c1ccccc1-c1ccc(-c2ccccc2)cc1. The molecule has 27 heavy (non-hydrogen) atoms. The zero-order valence-corrected chi connectivity index (χ0v) is 15.2. The minimum atomic E-state index is -1.04. The molecule has 0 aliphatic carbocycles. The van der Waals surface area contributed by atoms with Crippen LogP contribution in [-0.4, -0.2) is 19.9 Å². The van der Waals surface area contributed by atoms with E-state index in [9.17, 15) is 5.11 Å². The maximum Gasteiger partial charge on any atom is 0.119 e. The van der Waals surface area contributed by atoms with Crippen LogP contribution >= 0.6 is 0 Å². The van der Waals surface area contributed by atoms with Gasteiger partial charge in [-0.3, -0.25) is 0 Å². The molecule has 0 saturated heterocycles. The third-order valence-corrected chi connectivity index (χ3v) is 4.77. The van der Waals surface area contributed by atoms with E-state index in [1.54, 1.807) is 17.2 Å². The lowest BCUT2D eigenvalue weighted by molar-refractivity contribution is 0.0387. The molecule has 0 bridgehead atoms. The minimum Gasteiger partial charge on any atom is -0.384 e. The second-order valence-corrected chi connectivity index (χ2v) is 6.90. The molecule has 1 aromatic heterocycles. The molecule has 134 valence electrons. The molecule has 0 spiro atoms. The lowest BCUT2D eigenvalue weighted by Gasteiger charge is -2.27. The molecule has 4 nitrogen and oxygen atoms in total. The monoisotopic (exact) mass is 355 g/mol. The van der Waals surface area contributed by atoms with Gasteiger partial charge >= 0.3 is 0 Å². The molecule has 4 rings (SSSR count). The molecule has 1 unspecified atom stereocenters. The van der Waals surface area contributed by atoms with Crippen LogP contribution in [0.5, 0.6) is 0 Å². The maximum absolute atomic E-state index is 11.2. The summed E-state index contributed by atoms with van der Waals surface area (Å²) in [6, 6.07) is 26.8. The van der Waals surface area contributed by atoms with Crippen LogP contribution in [0, 0.1) is 0 Å². The number of hydrogen-bond donors (Lipinski definition) is 1. The summed E-state index contributed by atoms with van der Waals surface area (Å²) in [6.45, 7) is 2.21. The van der Waals surface area contributed by atoms with Crippen molar-refractivity contribution >= 4 is 0 Å². The van der Waals surface area contributed by atoms with E-state index in [0.717, 1.165) is 16.7 Å². The maximum atomic E-state index is 11.2. The molecule has 1 heterocycles. The standard InChI is InChI=1S/C23H21N3O/c1-23(27,15-26-16-24-25-17-26)22-10-6-5-9-21(22)20-13-11-19(12-14-20)18-7-3-2-4-8-18/h2-14,16-17,27H,15H2,1H3. The van der Waals surface area contributed by atoms with Gasteiger partial charge in [0.2, 0.25) is 0 Å². The van der Waals surface area contributed by atoms with Crippen molar-refractivity contribution in [2.75, 3.05) is 0 Å². The largest absolute Gasteiger partial charge is 0.384 e. The van der Waals surface area contributed by atoms with Crippen LogP contribution in [0.3, 0.4) is 0 Å². The molecule has 1 N–H and O–H groups in total. The van der Waals surface area contributed by atoms with E-state index in [4.69, 9.17) is 0 Å². The molecule has 0 fully saturated rings. The normalized spacial score (nSPS) is 13.3. The zero-order chi connectivity index (χ0) is 18.7. The van der Waals surface area contributed by atoms with Gasteiger partial charge in [0.1, 0.15) is 18.3 Å². The Balaban J connectivity index is 1.68. The second-order valence-electron chi connectivity index (χ2n) is 6.90. The van der Waals surface area contributed by atoms with Crippen molar-refractivity contribution in [3.05, 3.63) is 97.1 Å². The van der Waals surface area contributed by atoms with Gasteiger partial charge in [0.05, 0.1) is 6.54 Å². The Kier molecular flexibility index (Phi) is 4.57. The number of rotatable bonds is 5. The lowest BCUT2D eigenvalue weighted by atomic mass is 9.87. The Morgan fingerprint density at radius 1 is 0.741 bits per heavy atom. The molecular weight excluding hydrogens is 334 g/mol. The van der Waals surface area contributed by atoms with E-state index in [1.165, 1.54) is 11.1 Å². The van der Waals surface area contributed by atoms with Crippen LogP contribution in [0.4, 0.5) is 0 Å². The van der Waals surface area contributed by atoms with Gasteiger partial charge in [-0.05, 0) is 34.7 Å². The van der Waals surface area contributed by atoms with Crippen molar-refractivity contribution < 1.29 is 5.11 Å². The van der Waals surface area contributed by atoms with Crippen LogP contribution in [-0.2, 0) is 12.1 Å². The van der Waals surface area contributed by atoms with Crippen LogP contribution in [0.15, 0.2) is 91.5 Å². The number of aliphatic hydroxyl groups is 1. The van der Waals surface area contributed by atoms with Crippen molar-refractivity contribution in [3.63, 3.8) is 0 Å². The summed E-state index contributed by atoms with van der Waals surface area (Å²) in [5.41, 5.74) is 4.30. The highest BCUT2D eigenvalue weighted by Gasteiger charge is 2.26. The van der Waals surface area contributed by atoms with E-state index in [2.05, 4.69) is 46.6 Å². The first kappa shape index (κ1) is 17.2. The molecular formula is C23H21N3O. The quantitative estimate of drug-likeness (QED) is 0.573. The van der Waals surface area contributed by atoms with Crippen LogP contribution in [0.1, 0.15) is 12.5 Å². The van der Waals surface area contributed by atoms with E-state index < -0.39 is 5.60 Å². The second kappa shape index (κ2) is 7.17. The van der Waals surface area contributed by atoms with Crippen LogP contribution in [0.25, 0.3) is 22.3 Å². The van der Waals surface area contributed by atoms with E-state index >= 15 is 0 Å². The summed E-state index contributed by atoms with van der Waals surface area (Å²) in [4.78, 5) is 0. The average Bonchev–Trinajstić information content (AvgIpc) is 3.21. The number of benzene rings is 3. The highest BCUT2D eigenvalue weighted by molar-refractivity contribution is 5.72. The fourth-order valence-corrected chi connectivity index (χ4v) is 3.42. The van der Waals surface area contributed by atoms with Gasteiger partial charge in [0.15, 0.2) is 0 Å². The Labute approximate surface area is 158 Å². The predicted octanol–water partition coefficient (Wildman–Crippen LogP) is 4.52. The van der Waals surface area contributed by atoms with Crippen molar-refractivity contribution in [1.29, 1.82) is 0 Å². The van der Waals surface area contributed by atoms with E-state index in [-0.39, 0.29) is 0 Å². The Bertz CT molecular complexity index is 1010. The smallest absolute Gasteiger partial charge is 0.119 e. The first-order valence-corrected chi connectivity index (χ1v) is 8.94. The molecule has 0 amide bonds. The third kappa shape index (κ3) is 3.66. The molecule has 0 radical (unpaired) electrons. The predicted molar refractivity (Wildman–Crippen MR) is 107 cm³/mol. The van der Waals surface area contributed by atoms with E-state index in [1.807, 2.05) is 49.4 Å². The Morgan fingerprint density at radius 3 is 2.00 bits per heavy atom. The topological polar surface area (TPSA) is 50.9 Å². The summed E-state index contributed by atoms with van der Waals surface area (Å²) in [5.74, 6) is 0.